The Labute approximate surface area is 197 Å². The minimum atomic E-state index is -1.12. The number of carbonyl (C=O) groups is 3. The number of nitrogens with one attached hydrogen (secondary N) is 1. The van der Waals surface area contributed by atoms with Gasteiger partial charge in [0.15, 0.2) is 0 Å². The highest BCUT2D eigenvalue weighted by Crippen LogP contribution is 2.59. The molecule has 7 nitrogen and oxygen atoms in total. The fourth-order valence-electron chi connectivity index (χ4n) is 6.28. The van der Waals surface area contributed by atoms with Gasteiger partial charge in [0.2, 0.25) is 5.91 Å². The number of aliphatic hydroxyl groups is 1. The summed E-state index contributed by atoms with van der Waals surface area (Å²) in [5.41, 5.74) is 0.189. The highest BCUT2D eigenvalue weighted by atomic mass is 16.5. The third-order valence-electron chi connectivity index (χ3n) is 8.74. The van der Waals surface area contributed by atoms with Gasteiger partial charge in [0, 0.05) is 18.6 Å². The summed E-state index contributed by atoms with van der Waals surface area (Å²) in [5, 5.41) is 14.6. The Morgan fingerprint density at radius 1 is 1.27 bits per heavy atom. The van der Waals surface area contributed by atoms with Crippen molar-refractivity contribution in [2.45, 2.75) is 91.4 Å². The van der Waals surface area contributed by atoms with E-state index in [1.807, 2.05) is 13.8 Å². The highest BCUT2D eigenvalue weighted by Gasteiger charge is 2.59. The van der Waals surface area contributed by atoms with Crippen LogP contribution >= 0.6 is 0 Å². The highest BCUT2D eigenvalue weighted by molar-refractivity contribution is 5.87. The van der Waals surface area contributed by atoms with E-state index in [4.69, 9.17) is 9.47 Å². The van der Waals surface area contributed by atoms with Crippen LogP contribution in [0.3, 0.4) is 0 Å². The minimum Gasteiger partial charge on any atom is -0.459 e. The summed E-state index contributed by atoms with van der Waals surface area (Å²) in [6.07, 6.45) is 6.61. The summed E-state index contributed by atoms with van der Waals surface area (Å²) in [6, 6.07) is -0.342. The Morgan fingerprint density at radius 2 is 1.97 bits per heavy atom. The normalized spacial score (nSPS) is 38.8. The molecule has 2 aliphatic carbocycles. The Hall–Kier alpha value is -2.15. The lowest BCUT2D eigenvalue weighted by Crippen LogP contribution is -2.65. The molecule has 2 N–H and O–H groups in total. The van der Waals surface area contributed by atoms with E-state index in [0.29, 0.717) is 25.0 Å². The van der Waals surface area contributed by atoms with Crippen molar-refractivity contribution < 1.29 is 29.0 Å². The topological polar surface area (TPSA) is 102 Å². The zero-order valence-electron chi connectivity index (χ0n) is 20.8. The molecule has 0 saturated heterocycles. The SMILES string of the molecule is C/C=C(/C)C(=O)OC1CC2C(CCC(NC(C)=O)C2(C)O)C(C)(CCC2=CC(=O)OC2)C1C. The molecule has 7 heteroatoms. The number of ether oxygens (including phenoxy) is 2. The molecular formula is C26H39NO6. The van der Waals surface area contributed by atoms with E-state index >= 15 is 0 Å². The molecule has 1 heterocycles. The molecule has 7 unspecified atom stereocenters. The van der Waals surface area contributed by atoms with Crippen LogP contribution in [-0.4, -0.2) is 47.3 Å². The summed E-state index contributed by atoms with van der Waals surface area (Å²) >= 11 is 0. The molecule has 0 aromatic carbocycles. The summed E-state index contributed by atoms with van der Waals surface area (Å²) < 4.78 is 11.1. The predicted molar refractivity (Wildman–Crippen MR) is 124 cm³/mol. The summed E-state index contributed by atoms with van der Waals surface area (Å²) in [5.74, 6) is -0.653. The summed E-state index contributed by atoms with van der Waals surface area (Å²) in [6.45, 7) is 11.5. The number of hydrogen-bond acceptors (Lipinski definition) is 6. The molecule has 7 atom stereocenters. The molecule has 2 saturated carbocycles. The maximum Gasteiger partial charge on any atom is 0.333 e. The number of allylic oxidation sites excluding steroid dienone is 1. The first-order valence-electron chi connectivity index (χ1n) is 12.1. The average molecular weight is 462 g/mol. The summed E-state index contributed by atoms with van der Waals surface area (Å²) in [7, 11) is 0. The second kappa shape index (κ2) is 9.61. The number of rotatable bonds is 6. The van der Waals surface area contributed by atoms with Crippen LogP contribution in [0.1, 0.15) is 73.6 Å². The zero-order chi connectivity index (χ0) is 24.6. The van der Waals surface area contributed by atoms with Crippen molar-refractivity contribution in [3.05, 3.63) is 23.3 Å². The van der Waals surface area contributed by atoms with Gasteiger partial charge in [0.25, 0.3) is 0 Å². The largest absolute Gasteiger partial charge is 0.459 e. The fraction of sp³-hybridized carbons (Fsp3) is 0.731. The molecule has 33 heavy (non-hydrogen) atoms. The molecule has 0 bridgehead atoms. The van der Waals surface area contributed by atoms with Gasteiger partial charge in [-0.15, -0.1) is 0 Å². The van der Waals surface area contributed by atoms with E-state index in [-0.39, 0.29) is 53.2 Å². The van der Waals surface area contributed by atoms with Crippen molar-refractivity contribution in [2.75, 3.05) is 6.61 Å². The van der Waals surface area contributed by atoms with Crippen LogP contribution in [0.25, 0.3) is 0 Å². The second-order valence-corrected chi connectivity index (χ2v) is 10.6. The smallest absolute Gasteiger partial charge is 0.333 e. The first kappa shape index (κ1) is 25.5. The van der Waals surface area contributed by atoms with Gasteiger partial charge < -0.3 is 19.9 Å². The third-order valence-corrected chi connectivity index (χ3v) is 8.74. The number of cyclic esters (lactones) is 1. The van der Waals surface area contributed by atoms with Gasteiger partial charge in [0.1, 0.15) is 12.7 Å². The molecule has 1 aliphatic heterocycles. The molecular weight excluding hydrogens is 422 g/mol. The van der Waals surface area contributed by atoms with E-state index in [1.165, 1.54) is 6.92 Å². The maximum atomic E-state index is 12.7. The van der Waals surface area contributed by atoms with E-state index in [0.717, 1.165) is 24.8 Å². The van der Waals surface area contributed by atoms with Crippen molar-refractivity contribution in [2.24, 2.45) is 23.2 Å². The van der Waals surface area contributed by atoms with Crippen molar-refractivity contribution >= 4 is 17.8 Å². The lowest BCUT2D eigenvalue weighted by Gasteiger charge is -2.60. The molecule has 0 radical (unpaired) electrons. The van der Waals surface area contributed by atoms with Gasteiger partial charge >= 0.3 is 11.9 Å². The zero-order valence-corrected chi connectivity index (χ0v) is 20.8. The quantitative estimate of drug-likeness (QED) is 0.464. The van der Waals surface area contributed by atoms with Crippen LogP contribution in [0.2, 0.25) is 0 Å². The Balaban J connectivity index is 1.92. The number of esters is 2. The molecule has 3 rings (SSSR count). The van der Waals surface area contributed by atoms with Crippen molar-refractivity contribution in [3.63, 3.8) is 0 Å². The Bertz CT molecular complexity index is 859. The van der Waals surface area contributed by atoms with Gasteiger partial charge in [-0.2, -0.15) is 0 Å². The number of carbonyl (C=O) groups excluding carboxylic acids is 3. The Morgan fingerprint density at radius 3 is 2.55 bits per heavy atom. The van der Waals surface area contributed by atoms with Crippen LogP contribution in [0.5, 0.6) is 0 Å². The predicted octanol–water partition coefficient (Wildman–Crippen LogP) is 3.46. The van der Waals surface area contributed by atoms with E-state index in [2.05, 4.69) is 19.2 Å². The van der Waals surface area contributed by atoms with Gasteiger partial charge in [-0.3, -0.25) is 4.79 Å². The number of hydrogen-bond donors (Lipinski definition) is 2. The first-order chi connectivity index (χ1) is 15.4. The van der Waals surface area contributed by atoms with Gasteiger partial charge in [0.05, 0.1) is 11.6 Å². The summed E-state index contributed by atoms with van der Waals surface area (Å²) in [4.78, 5) is 36.0. The van der Waals surface area contributed by atoms with Crippen LogP contribution in [0.4, 0.5) is 0 Å². The average Bonchev–Trinajstić information content (AvgIpc) is 3.17. The molecule has 184 valence electrons. The molecule has 1 amide bonds. The monoisotopic (exact) mass is 461 g/mol. The lowest BCUT2D eigenvalue weighted by atomic mass is 9.48. The van der Waals surface area contributed by atoms with Gasteiger partial charge in [-0.1, -0.05) is 19.9 Å². The van der Waals surface area contributed by atoms with E-state index < -0.39 is 5.60 Å². The second-order valence-electron chi connectivity index (χ2n) is 10.6. The van der Waals surface area contributed by atoms with Crippen LogP contribution < -0.4 is 5.32 Å². The van der Waals surface area contributed by atoms with E-state index in [1.54, 1.807) is 19.1 Å². The standard InChI is InChI=1S/C26H39NO6/c1-7-15(2)24(30)33-21-13-20-19(8-9-22(26(20,6)31)27-17(4)28)25(5,16(21)3)11-10-18-12-23(29)32-14-18/h7,12,16,19-22,31H,8-11,13-14H2,1-6H3,(H,27,28)/b15-7-. The fourth-order valence-corrected chi connectivity index (χ4v) is 6.28. The molecule has 0 spiro atoms. The minimum absolute atomic E-state index is 0.0686. The number of amides is 1. The van der Waals surface area contributed by atoms with Crippen LogP contribution in [-0.2, 0) is 23.9 Å². The maximum absolute atomic E-state index is 12.7. The first-order valence-corrected chi connectivity index (χ1v) is 12.1. The molecule has 0 aromatic rings. The molecule has 2 fully saturated rings. The Kier molecular flexibility index (Phi) is 7.42. The third kappa shape index (κ3) is 5.03. The van der Waals surface area contributed by atoms with Gasteiger partial charge in [-0.25, -0.2) is 9.59 Å². The van der Waals surface area contributed by atoms with Crippen molar-refractivity contribution in [1.29, 1.82) is 0 Å². The molecule has 3 aliphatic rings. The van der Waals surface area contributed by atoms with Crippen LogP contribution in [0, 0.1) is 23.2 Å². The van der Waals surface area contributed by atoms with Gasteiger partial charge in [-0.05, 0) is 81.6 Å². The van der Waals surface area contributed by atoms with Crippen LogP contribution in [0.15, 0.2) is 23.3 Å². The van der Waals surface area contributed by atoms with E-state index in [9.17, 15) is 19.5 Å². The lowest BCUT2D eigenvalue weighted by molar-refractivity contribution is -0.193. The van der Waals surface area contributed by atoms with Crippen molar-refractivity contribution in [1.82, 2.24) is 5.32 Å². The molecule has 0 aromatic heterocycles. The number of fused-ring (bicyclic) bond motifs is 1. The van der Waals surface area contributed by atoms with Crippen molar-refractivity contribution in [3.8, 4) is 0 Å².